The first-order chi connectivity index (χ1) is 14.2. The maximum absolute atomic E-state index is 12.3. The molecule has 0 saturated heterocycles. The Hall–Kier alpha value is -2.74. The number of hydrogen-bond donors (Lipinski definition) is 1. The Kier molecular flexibility index (Phi) is 8.53. The summed E-state index contributed by atoms with van der Waals surface area (Å²) in [6.45, 7) is 4.37. The van der Waals surface area contributed by atoms with E-state index in [0.717, 1.165) is 17.6 Å². The lowest BCUT2D eigenvalue weighted by Gasteiger charge is -2.24. The van der Waals surface area contributed by atoms with E-state index >= 15 is 0 Å². The van der Waals surface area contributed by atoms with Crippen molar-refractivity contribution in [1.29, 1.82) is 0 Å². The summed E-state index contributed by atoms with van der Waals surface area (Å²) in [7, 11) is -2.02. The molecule has 30 heavy (non-hydrogen) atoms. The molecule has 0 aliphatic carbocycles. The number of aryl methyl sites for hydroxylation is 1. The van der Waals surface area contributed by atoms with Crippen LogP contribution >= 0.6 is 0 Å². The number of amides is 1. The fraction of sp³-hybridized carbons (Fsp3) is 0.409. The predicted molar refractivity (Wildman–Crippen MR) is 119 cm³/mol. The summed E-state index contributed by atoms with van der Waals surface area (Å²) < 4.78 is 36.8. The smallest absolute Gasteiger partial charge is 0.232 e. The van der Waals surface area contributed by atoms with Gasteiger partial charge in [0.25, 0.3) is 0 Å². The number of nitrogens with one attached hydrogen (secondary N) is 1. The molecule has 0 saturated carbocycles. The number of nitrogens with zero attached hydrogens (tertiary/aromatic N) is 1. The third-order valence-corrected chi connectivity index (χ3v) is 5.69. The Labute approximate surface area is 179 Å². The quantitative estimate of drug-likeness (QED) is 0.587. The molecule has 1 N–H and O–H groups in total. The fourth-order valence-electron chi connectivity index (χ4n) is 3.01. The minimum absolute atomic E-state index is 0.149. The van der Waals surface area contributed by atoms with Crippen LogP contribution in [0.3, 0.4) is 0 Å². The molecule has 2 aromatic rings. The molecule has 0 radical (unpaired) electrons. The summed E-state index contributed by atoms with van der Waals surface area (Å²) in [5.41, 5.74) is 1.50. The maximum atomic E-state index is 12.3. The molecule has 0 unspecified atom stereocenters. The Morgan fingerprint density at radius 2 is 1.73 bits per heavy atom. The summed E-state index contributed by atoms with van der Waals surface area (Å²) in [6, 6.07) is 14.4. The molecule has 0 heterocycles. The molecular weight excluding hydrogens is 404 g/mol. The average Bonchev–Trinajstić information content (AvgIpc) is 2.69. The zero-order chi connectivity index (χ0) is 22.1. The van der Waals surface area contributed by atoms with Gasteiger partial charge in [-0.05, 0) is 44.0 Å². The molecule has 1 atom stereocenters. The second-order valence-electron chi connectivity index (χ2n) is 7.16. The molecule has 7 nitrogen and oxygen atoms in total. The number of hydrogen-bond acceptors (Lipinski definition) is 5. The topological polar surface area (TPSA) is 84.9 Å². The van der Waals surface area contributed by atoms with Gasteiger partial charge in [0, 0.05) is 13.0 Å². The summed E-state index contributed by atoms with van der Waals surface area (Å²) in [6.07, 6.45) is 1.72. The van der Waals surface area contributed by atoms with Crippen LogP contribution in [-0.4, -0.2) is 46.9 Å². The summed E-state index contributed by atoms with van der Waals surface area (Å²) in [4.78, 5) is 12.3. The molecule has 0 bridgehead atoms. The van der Waals surface area contributed by atoms with Crippen molar-refractivity contribution in [2.45, 2.75) is 32.7 Å². The summed E-state index contributed by atoms with van der Waals surface area (Å²) >= 11 is 0. The second-order valence-corrected chi connectivity index (χ2v) is 9.06. The van der Waals surface area contributed by atoms with E-state index in [1.165, 1.54) is 11.4 Å². The number of ether oxygens (including phenoxy) is 2. The highest BCUT2D eigenvalue weighted by molar-refractivity contribution is 7.92. The lowest BCUT2D eigenvalue weighted by molar-refractivity contribution is -0.121. The van der Waals surface area contributed by atoms with E-state index in [4.69, 9.17) is 9.47 Å². The van der Waals surface area contributed by atoms with Crippen molar-refractivity contribution >= 4 is 21.6 Å². The van der Waals surface area contributed by atoms with Crippen molar-refractivity contribution in [3.63, 3.8) is 0 Å². The van der Waals surface area contributed by atoms with E-state index in [2.05, 4.69) is 5.32 Å². The second kappa shape index (κ2) is 10.9. The SMILES string of the molecule is COc1ccccc1N(CCCC(=O)N[C@@H](C)COc1ccccc1C)S(C)(=O)=O. The van der Waals surface area contributed by atoms with Crippen molar-refractivity contribution < 1.29 is 22.7 Å². The number of rotatable bonds is 11. The van der Waals surface area contributed by atoms with Gasteiger partial charge < -0.3 is 14.8 Å². The maximum Gasteiger partial charge on any atom is 0.232 e. The predicted octanol–water partition coefficient (Wildman–Crippen LogP) is 3.13. The lowest BCUT2D eigenvalue weighted by atomic mass is 10.2. The van der Waals surface area contributed by atoms with Gasteiger partial charge in [-0.1, -0.05) is 30.3 Å². The molecule has 1 amide bonds. The van der Waals surface area contributed by atoms with Crippen molar-refractivity contribution in [3.05, 3.63) is 54.1 Å². The Morgan fingerprint density at radius 1 is 1.10 bits per heavy atom. The van der Waals surface area contributed by atoms with Crippen LogP contribution in [0.5, 0.6) is 11.5 Å². The largest absolute Gasteiger partial charge is 0.495 e. The number of carbonyl (C=O) groups excluding carboxylic acids is 1. The number of para-hydroxylation sites is 3. The van der Waals surface area contributed by atoms with E-state index in [1.807, 2.05) is 38.1 Å². The minimum atomic E-state index is -3.51. The van der Waals surface area contributed by atoms with Gasteiger partial charge >= 0.3 is 0 Å². The standard InChI is InChI=1S/C22H30N2O5S/c1-17-10-5-7-12-20(17)29-16-18(2)23-22(25)14-9-15-24(30(4,26)27)19-11-6-8-13-21(19)28-3/h5-8,10-13,18H,9,14-16H2,1-4H3,(H,23,25)/t18-/m0/s1. The van der Waals surface area contributed by atoms with Gasteiger partial charge in [-0.3, -0.25) is 9.10 Å². The van der Waals surface area contributed by atoms with Crippen LogP contribution in [0.2, 0.25) is 0 Å². The number of carbonyl (C=O) groups is 1. The third-order valence-electron chi connectivity index (χ3n) is 4.51. The highest BCUT2D eigenvalue weighted by atomic mass is 32.2. The minimum Gasteiger partial charge on any atom is -0.495 e. The van der Waals surface area contributed by atoms with Gasteiger partial charge in [-0.25, -0.2) is 8.42 Å². The van der Waals surface area contributed by atoms with Crippen molar-refractivity contribution in [2.75, 3.05) is 30.8 Å². The van der Waals surface area contributed by atoms with E-state index in [1.54, 1.807) is 24.3 Å². The average molecular weight is 435 g/mol. The van der Waals surface area contributed by atoms with E-state index < -0.39 is 10.0 Å². The first kappa shape index (κ1) is 23.5. The molecule has 0 aliphatic heterocycles. The molecule has 0 fully saturated rings. The van der Waals surface area contributed by atoms with Gasteiger partial charge in [0.05, 0.1) is 25.1 Å². The normalized spacial score (nSPS) is 12.1. The van der Waals surface area contributed by atoms with Gasteiger partial charge in [0.1, 0.15) is 18.1 Å². The zero-order valence-electron chi connectivity index (χ0n) is 17.9. The van der Waals surface area contributed by atoms with Gasteiger partial charge in [-0.15, -0.1) is 0 Å². The molecule has 2 aromatic carbocycles. The number of methoxy groups -OCH3 is 1. The van der Waals surface area contributed by atoms with E-state index in [-0.39, 0.29) is 24.9 Å². The van der Waals surface area contributed by atoms with Crippen LogP contribution in [0, 0.1) is 6.92 Å². The molecule has 2 rings (SSSR count). The summed E-state index contributed by atoms with van der Waals surface area (Å²) in [5.74, 6) is 1.11. The van der Waals surface area contributed by atoms with Crippen molar-refractivity contribution in [2.24, 2.45) is 0 Å². The Balaban J connectivity index is 1.86. The first-order valence-electron chi connectivity index (χ1n) is 9.81. The molecule has 164 valence electrons. The van der Waals surface area contributed by atoms with Gasteiger partial charge in [0.15, 0.2) is 0 Å². The molecule has 0 aliphatic rings. The highest BCUT2D eigenvalue weighted by Gasteiger charge is 2.21. The molecular formula is C22H30N2O5S. The van der Waals surface area contributed by atoms with Gasteiger partial charge in [-0.2, -0.15) is 0 Å². The third kappa shape index (κ3) is 6.95. The Morgan fingerprint density at radius 3 is 2.37 bits per heavy atom. The summed E-state index contributed by atoms with van der Waals surface area (Å²) in [5, 5.41) is 2.89. The first-order valence-corrected chi connectivity index (χ1v) is 11.7. The lowest BCUT2D eigenvalue weighted by Crippen LogP contribution is -2.37. The number of sulfonamides is 1. The molecule has 0 aromatic heterocycles. The number of anilines is 1. The van der Waals surface area contributed by atoms with Crippen LogP contribution in [0.15, 0.2) is 48.5 Å². The van der Waals surface area contributed by atoms with Gasteiger partial charge in [0.2, 0.25) is 15.9 Å². The van der Waals surface area contributed by atoms with Crippen LogP contribution < -0.4 is 19.1 Å². The zero-order valence-corrected chi connectivity index (χ0v) is 18.7. The van der Waals surface area contributed by atoms with Crippen LogP contribution in [0.25, 0.3) is 0 Å². The van der Waals surface area contributed by atoms with E-state index in [9.17, 15) is 13.2 Å². The highest BCUT2D eigenvalue weighted by Crippen LogP contribution is 2.29. The molecule has 0 spiro atoms. The molecule has 8 heteroatoms. The van der Waals surface area contributed by atoms with Crippen LogP contribution in [0.1, 0.15) is 25.3 Å². The fourth-order valence-corrected chi connectivity index (χ4v) is 3.97. The van der Waals surface area contributed by atoms with Crippen LogP contribution in [0.4, 0.5) is 5.69 Å². The van der Waals surface area contributed by atoms with Crippen molar-refractivity contribution in [1.82, 2.24) is 5.32 Å². The number of benzene rings is 2. The van der Waals surface area contributed by atoms with Crippen molar-refractivity contribution in [3.8, 4) is 11.5 Å². The van der Waals surface area contributed by atoms with Crippen LogP contribution in [-0.2, 0) is 14.8 Å². The monoisotopic (exact) mass is 434 g/mol. The Bertz CT molecular complexity index is 946. The van der Waals surface area contributed by atoms with E-state index in [0.29, 0.717) is 24.5 Å².